The van der Waals surface area contributed by atoms with Gasteiger partial charge in [0.2, 0.25) is 0 Å². The number of nitrogens with zero attached hydrogens (tertiary/aromatic N) is 1. The molecule has 2 aliphatic heterocycles. The second kappa shape index (κ2) is 5.66. The highest BCUT2D eigenvalue weighted by molar-refractivity contribution is 5.42. The Morgan fingerprint density at radius 3 is 2.08 bits per heavy atom. The van der Waals surface area contributed by atoms with Crippen LogP contribution in [0.5, 0.6) is 0 Å². The second-order valence-corrected chi connectivity index (χ2v) is 8.71. The lowest BCUT2D eigenvalue weighted by molar-refractivity contribution is -0.150. The molecule has 4 atom stereocenters. The Kier molecular flexibility index (Phi) is 3.59. The molecule has 26 heavy (non-hydrogen) atoms. The number of piperidine rings is 1. The van der Waals surface area contributed by atoms with Crippen molar-refractivity contribution in [3.63, 3.8) is 0 Å². The first-order valence-electron chi connectivity index (χ1n) is 9.80. The zero-order chi connectivity index (χ0) is 17.9. The Bertz CT molecular complexity index is 743. The van der Waals surface area contributed by atoms with Gasteiger partial charge in [0.15, 0.2) is 0 Å². The average Bonchev–Trinajstić information content (AvgIpc) is 3.34. The molecule has 1 saturated carbocycles. The largest absolute Gasteiger partial charge is 0.386 e. The van der Waals surface area contributed by atoms with Gasteiger partial charge in [-0.1, -0.05) is 60.7 Å². The molecule has 0 aromatic heterocycles. The maximum Gasteiger partial charge on any atom is 0.141 e. The fourth-order valence-electron chi connectivity index (χ4n) is 5.73. The SMILES string of the molecule is CC(C)(O)C1OC(c2ccccc2)(c2ccccc2)C2C3CCC(C3)N12. The van der Waals surface area contributed by atoms with Crippen LogP contribution in [-0.2, 0) is 10.3 Å². The predicted octanol–water partition coefficient (Wildman–Crippen LogP) is 3.91. The molecular weight excluding hydrogens is 322 g/mol. The Balaban J connectivity index is 1.74. The van der Waals surface area contributed by atoms with Crippen molar-refractivity contribution in [3.8, 4) is 0 Å². The Morgan fingerprint density at radius 2 is 1.54 bits per heavy atom. The minimum absolute atomic E-state index is 0.280. The van der Waals surface area contributed by atoms with Crippen molar-refractivity contribution in [2.45, 2.75) is 62.6 Å². The third-order valence-electron chi connectivity index (χ3n) is 6.63. The predicted molar refractivity (Wildman–Crippen MR) is 102 cm³/mol. The lowest BCUT2D eigenvalue weighted by Gasteiger charge is -2.39. The smallest absolute Gasteiger partial charge is 0.141 e. The van der Waals surface area contributed by atoms with Crippen molar-refractivity contribution in [1.82, 2.24) is 4.90 Å². The Labute approximate surface area is 155 Å². The summed E-state index contributed by atoms with van der Waals surface area (Å²) in [5.74, 6) is 0.618. The molecule has 2 aromatic rings. The van der Waals surface area contributed by atoms with Crippen LogP contribution in [0.1, 0.15) is 44.2 Å². The molecule has 2 saturated heterocycles. The molecule has 1 N–H and O–H groups in total. The van der Waals surface area contributed by atoms with E-state index < -0.39 is 11.2 Å². The fourth-order valence-corrected chi connectivity index (χ4v) is 5.73. The van der Waals surface area contributed by atoms with Gasteiger partial charge in [-0.05, 0) is 50.2 Å². The third-order valence-corrected chi connectivity index (χ3v) is 6.63. The highest BCUT2D eigenvalue weighted by Crippen LogP contribution is 2.59. The normalized spacial score (nSPS) is 32.7. The van der Waals surface area contributed by atoms with E-state index >= 15 is 0 Å². The van der Waals surface area contributed by atoms with E-state index in [0.717, 1.165) is 0 Å². The van der Waals surface area contributed by atoms with Crippen LogP contribution in [0.15, 0.2) is 60.7 Å². The molecule has 2 heterocycles. The number of hydrogen-bond acceptors (Lipinski definition) is 3. The summed E-state index contributed by atoms with van der Waals surface area (Å²) in [6.07, 6.45) is 3.41. The summed E-state index contributed by atoms with van der Waals surface area (Å²) in [6, 6.07) is 22.0. The molecule has 3 fully saturated rings. The molecule has 3 heteroatoms. The standard InChI is InChI=1S/C23H27NO2/c1-22(2,25)21-24-19-14-13-16(15-19)20(24)23(26-21,17-9-5-3-6-10-17)18-11-7-4-8-12-18/h3-12,16,19-21,25H,13-15H2,1-2H3. The summed E-state index contributed by atoms with van der Waals surface area (Å²) < 4.78 is 6.91. The molecule has 136 valence electrons. The highest BCUT2D eigenvalue weighted by Gasteiger charge is 2.66. The van der Waals surface area contributed by atoms with Gasteiger partial charge < -0.3 is 9.84 Å². The van der Waals surface area contributed by atoms with Gasteiger partial charge in [-0.15, -0.1) is 0 Å². The zero-order valence-corrected chi connectivity index (χ0v) is 15.5. The van der Waals surface area contributed by atoms with Crippen molar-refractivity contribution in [2.24, 2.45) is 5.92 Å². The maximum absolute atomic E-state index is 11.0. The monoisotopic (exact) mass is 349 g/mol. The van der Waals surface area contributed by atoms with Crippen molar-refractivity contribution in [3.05, 3.63) is 71.8 Å². The van der Waals surface area contributed by atoms with Gasteiger partial charge in [0, 0.05) is 6.04 Å². The van der Waals surface area contributed by atoms with Gasteiger partial charge in [-0.25, -0.2) is 0 Å². The second-order valence-electron chi connectivity index (χ2n) is 8.71. The van der Waals surface area contributed by atoms with Gasteiger partial charge in [-0.2, -0.15) is 0 Å². The van der Waals surface area contributed by atoms with Crippen LogP contribution in [0.25, 0.3) is 0 Å². The van der Waals surface area contributed by atoms with E-state index in [1.807, 2.05) is 13.8 Å². The summed E-state index contributed by atoms with van der Waals surface area (Å²) in [4.78, 5) is 2.51. The van der Waals surface area contributed by atoms with Gasteiger partial charge >= 0.3 is 0 Å². The first-order chi connectivity index (χ1) is 12.5. The van der Waals surface area contributed by atoms with Crippen LogP contribution < -0.4 is 0 Å². The van der Waals surface area contributed by atoms with E-state index in [2.05, 4.69) is 65.6 Å². The van der Waals surface area contributed by atoms with Gasteiger partial charge in [0.05, 0.1) is 11.6 Å². The van der Waals surface area contributed by atoms with Gasteiger partial charge in [-0.3, -0.25) is 4.90 Å². The van der Waals surface area contributed by atoms with Crippen LogP contribution in [-0.4, -0.2) is 33.9 Å². The molecule has 0 spiro atoms. The van der Waals surface area contributed by atoms with E-state index in [0.29, 0.717) is 12.0 Å². The fraction of sp³-hybridized carbons (Fsp3) is 0.478. The van der Waals surface area contributed by atoms with E-state index in [1.165, 1.54) is 30.4 Å². The van der Waals surface area contributed by atoms with Crippen molar-refractivity contribution < 1.29 is 9.84 Å². The van der Waals surface area contributed by atoms with Gasteiger partial charge in [0.25, 0.3) is 0 Å². The van der Waals surface area contributed by atoms with E-state index in [9.17, 15) is 5.11 Å². The summed E-state index contributed by atoms with van der Waals surface area (Å²) in [6.45, 7) is 3.76. The third kappa shape index (κ3) is 2.17. The number of ether oxygens (including phenoxy) is 1. The van der Waals surface area contributed by atoms with Crippen molar-refractivity contribution >= 4 is 0 Å². The molecule has 3 aliphatic rings. The first-order valence-corrected chi connectivity index (χ1v) is 9.80. The average molecular weight is 349 g/mol. The van der Waals surface area contributed by atoms with Crippen LogP contribution in [0, 0.1) is 5.92 Å². The number of rotatable bonds is 3. The number of aliphatic hydroxyl groups is 1. The maximum atomic E-state index is 11.0. The van der Waals surface area contributed by atoms with Crippen LogP contribution in [0.3, 0.4) is 0 Å². The molecule has 2 bridgehead atoms. The number of benzene rings is 2. The lowest BCUT2D eigenvalue weighted by atomic mass is 9.75. The van der Waals surface area contributed by atoms with E-state index in [-0.39, 0.29) is 12.3 Å². The lowest BCUT2D eigenvalue weighted by Crippen LogP contribution is -2.52. The zero-order valence-electron chi connectivity index (χ0n) is 15.5. The molecule has 1 aliphatic carbocycles. The summed E-state index contributed by atoms with van der Waals surface area (Å²) in [7, 11) is 0. The van der Waals surface area contributed by atoms with E-state index in [1.54, 1.807) is 0 Å². The molecule has 4 unspecified atom stereocenters. The highest BCUT2D eigenvalue weighted by atomic mass is 16.6. The molecule has 5 rings (SSSR count). The minimum atomic E-state index is -0.909. The topological polar surface area (TPSA) is 32.7 Å². The molecule has 0 radical (unpaired) electrons. The molecule has 0 amide bonds. The first kappa shape index (κ1) is 16.5. The van der Waals surface area contributed by atoms with Crippen molar-refractivity contribution in [2.75, 3.05) is 0 Å². The summed E-state index contributed by atoms with van der Waals surface area (Å²) >= 11 is 0. The Hall–Kier alpha value is -1.68. The number of hydrogen-bond donors (Lipinski definition) is 1. The quantitative estimate of drug-likeness (QED) is 0.912. The number of fused-ring (bicyclic) bond motifs is 5. The van der Waals surface area contributed by atoms with Crippen LogP contribution >= 0.6 is 0 Å². The van der Waals surface area contributed by atoms with Gasteiger partial charge in [0.1, 0.15) is 11.8 Å². The van der Waals surface area contributed by atoms with Crippen molar-refractivity contribution in [1.29, 1.82) is 0 Å². The van der Waals surface area contributed by atoms with E-state index in [4.69, 9.17) is 4.74 Å². The minimum Gasteiger partial charge on any atom is -0.386 e. The van der Waals surface area contributed by atoms with Crippen LogP contribution in [0.4, 0.5) is 0 Å². The summed E-state index contributed by atoms with van der Waals surface area (Å²) in [5, 5.41) is 11.0. The molecular formula is C23H27NO2. The van der Waals surface area contributed by atoms with Crippen LogP contribution in [0.2, 0.25) is 0 Å². The summed E-state index contributed by atoms with van der Waals surface area (Å²) in [5.41, 5.74) is 0.960. The molecule has 2 aromatic carbocycles. The molecule has 3 nitrogen and oxygen atoms in total. The Morgan fingerprint density at radius 1 is 0.962 bits per heavy atom.